The van der Waals surface area contributed by atoms with Gasteiger partial charge in [0.15, 0.2) is 9.84 Å². The van der Waals surface area contributed by atoms with Gasteiger partial charge < -0.3 is 4.90 Å². The molecule has 1 rings (SSSR count). The summed E-state index contributed by atoms with van der Waals surface area (Å²) in [4.78, 5) is 13.6. The Balaban J connectivity index is 2.67. The van der Waals surface area contributed by atoms with E-state index in [0.717, 1.165) is 25.7 Å². The fourth-order valence-electron chi connectivity index (χ4n) is 2.52. The Morgan fingerprint density at radius 2 is 1.68 bits per heavy atom. The molecule has 0 aliphatic heterocycles. The Morgan fingerprint density at radius 3 is 2.16 bits per heavy atom. The number of rotatable bonds is 5. The maximum absolute atomic E-state index is 12.3. The first-order chi connectivity index (χ1) is 8.75. The molecule has 1 saturated carbocycles. The quantitative estimate of drug-likeness (QED) is 0.780. The molecule has 1 aliphatic carbocycles. The molecule has 0 bridgehead atoms. The molecule has 0 aromatic carbocycles. The van der Waals surface area contributed by atoms with Crippen molar-refractivity contribution in [2.45, 2.75) is 64.2 Å². The van der Waals surface area contributed by atoms with Crippen LogP contribution in [0.25, 0.3) is 0 Å². The summed E-state index contributed by atoms with van der Waals surface area (Å²) in [7, 11) is -1.66. The van der Waals surface area contributed by atoms with E-state index in [9.17, 15) is 13.2 Å². The topological polar surface area (TPSA) is 54.5 Å². The summed E-state index contributed by atoms with van der Waals surface area (Å²) in [6, 6.07) is 0.0276. The van der Waals surface area contributed by atoms with Gasteiger partial charge in [-0.3, -0.25) is 4.79 Å². The van der Waals surface area contributed by atoms with Gasteiger partial charge in [0.05, 0.1) is 5.75 Å². The van der Waals surface area contributed by atoms with Gasteiger partial charge in [0.2, 0.25) is 5.91 Å². The van der Waals surface area contributed by atoms with Crippen molar-refractivity contribution >= 4 is 15.7 Å². The van der Waals surface area contributed by atoms with Crippen LogP contribution in [0, 0.1) is 5.92 Å². The summed E-state index contributed by atoms with van der Waals surface area (Å²) in [6.45, 7) is 5.30. The summed E-state index contributed by atoms with van der Waals surface area (Å²) in [5.74, 6) is 0.135. The van der Waals surface area contributed by atoms with Crippen LogP contribution in [-0.2, 0) is 14.6 Å². The van der Waals surface area contributed by atoms with Crippen LogP contribution in [0.1, 0.15) is 52.9 Å². The predicted molar refractivity (Wildman–Crippen MR) is 77.7 cm³/mol. The van der Waals surface area contributed by atoms with E-state index in [-0.39, 0.29) is 23.6 Å². The zero-order valence-electron chi connectivity index (χ0n) is 12.6. The minimum Gasteiger partial charge on any atom is -0.342 e. The highest BCUT2D eigenvalue weighted by Crippen LogP contribution is 2.26. The molecule has 0 heterocycles. The van der Waals surface area contributed by atoms with Gasteiger partial charge in [-0.2, -0.15) is 0 Å². The fraction of sp³-hybridized carbons (Fsp3) is 0.929. The third kappa shape index (κ3) is 4.48. The van der Waals surface area contributed by atoms with Gasteiger partial charge in [-0.1, -0.05) is 19.3 Å². The number of amides is 1. The molecule has 4 nitrogen and oxygen atoms in total. The number of carbonyl (C=O) groups excluding carboxylic acids is 1. The molecule has 0 spiro atoms. The van der Waals surface area contributed by atoms with Gasteiger partial charge in [0, 0.05) is 13.1 Å². The highest BCUT2D eigenvalue weighted by Gasteiger charge is 2.33. The number of carbonyl (C=O) groups is 1. The average Bonchev–Trinajstić information content (AvgIpc) is 2.36. The summed E-state index contributed by atoms with van der Waals surface area (Å²) in [5, 5.41) is -0.915. The van der Waals surface area contributed by atoms with Gasteiger partial charge in [0.1, 0.15) is 5.25 Å². The van der Waals surface area contributed by atoms with Crippen LogP contribution < -0.4 is 0 Å². The third-order valence-corrected chi connectivity index (χ3v) is 6.42. The largest absolute Gasteiger partial charge is 0.342 e. The van der Waals surface area contributed by atoms with Gasteiger partial charge in [0.25, 0.3) is 0 Å². The molecule has 0 radical (unpaired) electrons. The third-order valence-electron chi connectivity index (χ3n) is 4.20. The van der Waals surface area contributed by atoms with Crippen molar-refractivity contribution < 1.29 is 13.2 Å². The first-order valence-electron chi connectivity index (χ1n) is 7.24. The van der Waals surface area contributed by atoms with E-state index in [1.807, 2.05) is 13.8 Å². The monoisotopic (exact) mass is 289 g/mol. The SMILES string of the molecule is CC(C)N(C)C(=O)[C@H](C)S(=O)(=O)CC1CCCCC1. The second-order valence-corrected chi connectivity index (χ2v) is 8.38. The molecular formula is C14H27NO3S. The molecule has 1 amide bonds. The highest BCUT2D eigenvalue weighted by atomic mass is 32.2. The van der Waals surface area contributed by atoms with Crippen LogP contribution in [0.3, 0.4) is 0 Å². The van der Waals surface area contributed by atoms with E-state index >= 15 is 0 Å². The van der Waals surface area contributed by atoms with Crippen LogP contribution in [0.4, 0.5) is 0 Å². The maximum Gasteiger partial charge on any atom is 0.240 e. The molecule has 0 unspecified atom stereocenters. The zero-order valence-corrected chi connectivity index (χ0v) is 13.4. The van der Waals surface area contributed by atoms with E-state index in [1.54, 1.807) is 7.05 Å². The van der Waals surface area contributed by atoms with Gasteiger partial charge in [-0.15, -0.1) is 0 Å². The lowest BCUT2D eigenvalue weighted by atomic mass is 9.91. The standard InChI is InChI=1S/C14H27NO3S/c1-11(2)15(4)14(16)12(3)19(17,18)10-13-8-6-5-7-9-13/h11-13H,5-10H2,1-4H3/t12-/m0/s1. The average molecular weight is 289 g/mol. The molecule has 0 aromatic rings. The smallest absolute Gasteiger partial charge is 0.240 e. The van der Waals surface area contributed by atoms with Gasteiger partial charge in [-0.05, 0) is 39.5 Å². The van der Waals surface area contributed by atoms with Crippen molar-refractivity contribution in [3.63, 3.8) is 0 Å². The van der Waals surface area contributed by atoms with E-state index in [1.165, 1.54) is 18.2 Å². The van der Waals surface area contributed by atoms with E-state index in [0.29, 0.717) is 0 Å². The molecular weight excluding hydrogens is 262 g/mol. The lowest BCUT2D eigenvalue weighted by Crippen LogP contribution is -2.44. The molecule has 0 saturated heterocycles. The molecule has 112 valence electrons. The van der Waals surface area contributed by atoms with Crippen molar-refractivity contribution in [2.75, 3.05) is 12.8 Å². The normalized spacial score (nSPS) is 19.4. The number of sulfone groups is 1. The number of nitrogens with zero attached hydrogens (tertiary/aromatic N) is 1. The van der Waals surface area contributed by atoms with E-state index in [2.05, 4.69) is 0 Å². The van der Waals surface area contributed by atoms with E-state index in [4.69, 9.17) is 0 Å². The second-order valence-electron chi connectivity index (χ2n) is 6.02. The minimum atomic E-state index is -3.33. The summed E-state index contributed by atoms with van der Waals surface area (Å²) in [5.41, 5.74) is 0. The second kappa shape index (κ2) is 6.73. The first-order valence-corrected chi connectivity index (χ1v) is 8.95. The van der Waals surface area contributed by atoms with Crippen molar-refractivity contribution in [2.24, 2.45) is 5.92 Å². The van der Waals surface area contributed by atoms with Gasteiger partial charge in [-0.25, -0.2) is 8.42 Å². The van der Waals surface area contributed by atoms with Crippen LogP contribution in [0.15, 0.2) is 0 Å². The number of hydrogen-bond donors (Lipinski definition) is 0. The molecule has 1 fully saturated rings. The summed E-state index contributed by atoms with van der Waals surface area (Å²) >= 11 is 0. The van der Waals surface area contributed by atoms with Crippen LogP contribution >= 0.6 is 0 Å². The maximum atomic E-state index is 12.3. The van der Waals surface area contributed by atoms with Crippen molar-refractivity contribution in [3.05, 3.63) is 0 Å². The Labute approximate surface area is 117 Å². The van der Waals surface area contributed by atoms with Crippen molar-refractivity contribution in [1.82, 2.24) is 4.90 Å². The number of hydrogen-bond acceptors (Lipinski definition) is 3. The highest BCUT2D eigenvalue weighted by molar-refractivity contribution is 7.92. The fourth-order valence-corrected chi connectivity index (χ4v) is 4.27. The summed E-state index contributed by atoms with van der Waals surface area (Å²) in [6.07, 6.45) is 5.42. The Hall–Kier alpha value is -0.580. The lowest BCUT2D eigenvalue weighted by molar-refractivity contribution is -0.130. The van der Waals surface area contributed by atoms with Crippen molar-refractivity contribution in [3.8, 4) is 0 Å². The Morgan fingerprint density at radius 1 is 1.16 bits per heavy atom. The van der Waals surface area contributed by atoms with Crippen LogP contribution in [0.2, 0.25) is 0 Å². The molecule has 0 aromatic heterocycles. The molecule has 19 heavy (non-hydrogen) atoms. The lowest BCUT2D eigenvalue weighted by Gasteiger charge is -2.27. The Bertz CT molecular complexity index is 397. The zero-order chi connectivity index (χ0) is 14.6. The van der Waals surface area contributed by atoms with Crippen LogP contribution in [0.5, 0.6) is 0 Å². The molecule has 5 heteroatoms. The Kier molecular flexibility index (Phi) is 5.83. The van der Waals surface area contributed by atoms with E-state index < -0.39 is 15.1 Å². The van der Waals surface area contributed by atoms with Crippen molar-refractivity contribution in [1.29, 1.82) is 0 Å². The molecule has 1 atom stereocenters. The first kappa shape index (κ1) is 16.5. The van der Waals surface area contributed by atoms with Crippen LogP contribution in [-0.4, -0.2) is 43.3 Å². The summed E-state index contributed by atoms with van der Waals surface area (Å²) < 4.78 is 24.6. The molecule has 1 aliphatic rings. The van der Waals surface area contributed by atoms with Gasteiger partial charge >= 0.3 is 0 Å². The minimum absolute atomic E-state index is 0.0276. The molecule has 0 N–H and O–H groups in total. The predicted octanol–water partition coefficient (Wildman–Crippen LogP) is 2.24.